The molecule has 0 aliphatic carbocycles. The molecule has 0 aromatic heterocycles. The number of amides is 1. The second-order valence-electron chi connectivity index (χ2n) is 3.65. The molecule has 1 atom stereocenters. The van der Waals surface area contributed by atoms with Crippen LogP contribution in [0.1, 0.15) is 26.2 Å². The van der Waals surface area contributed by atoms with Gasteiger partial charge in [0.2, 0.25) is 5.91 Å². The molecule has 70 valence electrons. The largest absolute Gasteiger partial charge is 0.327 e. The number of piperidine rings is 1. The van der Waals surface area contributed by atoms with Crippen LogP contribution in [0.4, 0.5) is 0 Å². The molecule has 0 saturated carbocycles. The third-order valence-electron chi connectivity index (χ3n) is 2.47. The molecule has 1 heterocycles. The standard InChI is InChI=1S/C9H18N2O/c1-8(12)11-7-5-4-6-9(11)10(2)3/h9H,4-7H2,1-3H3. The van der Waals surface area contributed by atoms with Gasteiger partial charge in [-0.2, -0.15) is 0 Å². The second-order valence-corrected chi connectivity index (χ2v) is 3.65. The number of rotatable bonds is 1. The van der Waals surface area contributed by atoms with Gasteiger partial charge in [-0.3, -0.25) is 9.69 Å². The summed E-state index contributed by atoms with van der Waals surface area (Å²) >= 11 is 0. The van der Waals surface area contributed by atoms with Crippen molar-refractivity contribution in [2.75, 3.05) is 20.6 Å². The highest BCUT2D eigenvalue weighted by molar-refractivity contribution is 5.73. The minimum Gasteiger partial charge on any atom is -0.327 e. The maximum atomic E-state index is 11.2. The Hall–Kier alpha value is -0.570. The minimum absolute atomic E-state index is 0.202. The van der Waals surface area contributed by atoms with Gasteiger partial charge in [0, 0.05) is 13.5 Å². The number of carbonyl (C=O) groups excluding carboxylic acids is 1. The SMILES string of the molecule is CC(=O)N1CCCCC1N(C)C. The molecular weight excluding hydrogens is 152 g/mol. The van der Waals surface area contributed by atoms with Crippen LogP contribution in [0.5, 0.6) is 0 Å². The molecule has 3 nitrogen and oxygen atoms in total. The summed E-state index contributed by atoms with van der Waals surface area (Å²) < 4.78 is 0. The third kappa shape index (κ3) is 1.97. The quantitative estimate of drug-likeness (QED) is 0.584. The van der Waals surface area contributed by atoms with E-state index in [1.807, 2.05) is 19.0 Å². The van der Waals surface area contributed by atoms with Crippen LogP contribution >= 0.6 is 0 Å². The van der Waals surface area contributed by atoms with Crippen LogP contribution in [0.3, 0.4) is 0 Å². The van der Waals surface area contributed by atoms with Crippen molar-refractivity contribution in [2.24, 2.45) is 0 Å². The predicted molar refractivity (Wildman–Crippen MR) is 48.7 cm³/mol. The lowest BCUT2D eigenvalue weighted by molar-refractivity contribution is -0.136. The zero-order chi connectivity index (χ0) is 9.14. The number of hydrogen-bond donors (Lipinski definition) is 0. The molecule has 0 aromatic rings. The second kappa shape index (κ2) is 3.90. The van der Waals surface area contributed by atoms with Gasteiger partial charge < -0.3 is 4.90 Å². The third-order valence-corrected chi connectivity index (χ3v) is 2.47. The fourth-order valence-corrected chi connectivity index (χ4v) is 1.82. The van der Waals surface area contributed by atoms with E-state index in [9.17, 15) is 4.79 Å². The van der Waals surface area contributed by atoms with Crippen molar-refractivity contribution in [3.05, 3.63) is 0 Å². The molecule has 3 heteroatoms. The van der Waals surface area contributed by atoms with Gasteiger partial charge in [0.15, 0.2) is 0 Å². The summed E-state index contributed by atoms with van der Waals surface area (Å²) in [5.74, 6) is 0.202. The first-order valence-corrected chi connectivity index (χ1v) is 4.56. The molecule has 1 saturated heterocycles. The molecule has 1 amide bonds. The first-order valence-electron chi connectivity index (χ1n) is 4.56. The number of hydrogen-bond acceptors (Lipinski definition) is 2. The molecular formula is C9H18N2O. The van der Waals surface area contributed by atoms with Gasteiger partial charge in [-0.05, 0) is 33.4 Å². The van der Waals surface area contributed by atoms with Crippen molar-refractivity contribution in [1.82, 2.24) is 9.80 Å². The van der Waals surface area contributed by atoms with Crippen LogP contribution in [0.2, 0.25) is 0 Å². The predicted octanol–water partition coefficient (Wildman–Crippen LogP) is 0.907. The van der Waals surface area contributed by atoms with Crippen LogP contribution < -0.4 is 0 Å². The molecule has 12 heavy (non-hydrogen) atoms. The van der Waals surface area contributed by atoms with E-state index in [2.05, 4.69) is 4.90 Å². The molecule has 1 fully saturated rings. The maximum absolute atomic E-state index is 11.2. The minimum atomic E-state index is 0.202. The van der Waals surface area contributed by atoms with E-state index in [0.717, 1.165) is 19.4 Å². The molecule has 0 radical (unpaired) electrons. The van der Waals surface area contributed by atoms with E-state index in [-0.39, 0.29) is 5.91 Å². The Kier molecular flexibility index (Phi) is 3.09. The molecule has 1 rings (SSSR count). The van der Waals surface area contributed by atoms with Gasteiger partial charge in [0.25, 0.3) is 0 Å². The molecule has 0 spiro atoms. The lowest BCUT2D eigenvalue weighted by Crippen LogP contribution is -2.49. The first-order chi connectivity index (χ1) is 5.63. The van der Waals surface area contributed by atoms with E-state index in [0.29, 0.717) is 6.17 Å². The van der Waals surface area contributed by atoms with E-state index in [1.54, 1.807) is 6.92 Å². The summed E-state index contributed by atoms with van der Waals surface area (Å²) in [7, 11) is 4.07. The monoisotopic (exact) mass is 170 g/mol. The van der Waals surface area contributed by atoms with Gasteiger partial charge >= 0.3 is 0 Å². The van der Waals surface area contributed by atoms with Crippen molar-refractivity contribution in [1.29, 1.82) is 0 Å². The van der Waals surface area contributed by atoms with Crippen molar-refractivity contribution >= 4 is 5.91 Å². The molecule has 1 unspecified atom stereocenters. The smallest absolute Gasteiger partial charge is 0.220 e. The van der Waals surface area contributed by atoms with Gasteiger partial charge in [-0.15, -0.1) is 0 Å². The van der Waals surface area contributed by atoms with Crippen LogP contribution in [0.25, 0.3) is 0 Å². The first kappa shape index (κ1) is 9.52. The highest BCUT2D eigenvalue weighted by Gasteiger charge is 2.25. The topological polar surface area (TPSA) is 23.6 Å². The van der Waals surface area contributed by atoms with E-state index < -0.39 is 0 Å². The average Bonchev–Trinajstić information content (AvgIpc) is 2.04. The Morgan fingerprint density at radius 1 is 1.42 bits per heavy atom. The molecule has 1 aliphatic heterocycles. The van der Waals surface area contributed by atoms with Gasteiger partial charge in [0.1, 0.15) is 0 Å². The zero-order valence-electron chi connectivity index (χ0n) is 8.21. The van der Waals surface area contributed by atoms with Crippen molar-refractivity contribution in [3.8, 4) is 0 Å². The Morgan fingerprint density at radius 3 is 2.50 bits per heavy atom. The summed E-state index contributed by atoms with van der Waals surface area (Å²) in [6.07, 6.45) is 3.85. The molecule has 0 aromatic carbocycles. The number of likely N-dealkylation sites (tertiary alicyclic amines) is 1. The van der Waals surface area contributed by atoms with E-state index in [4.69, 9.17) is 0 Å². The van der Waals surface area contributed by atoms with Crippen LogP contribution in [0.15, 0.2) is 0 Å². The van der Waals surface area contributed by atoms with Crippen LogP contribution in [0, 0.1) is 0 Å². The van der Waals surface area contributed by atoms with Crippen molar-refractivity contribution < 1.29 is 4.79 Å². The molecule has 0 bridgehead atoms. The Balaban J connectivity index is 2.60. The summed E-state index contributed by atoms with van der Waals surface area (Å²) in [6, 6.07) is 0. The fourth-order valence-electron chi connectivity index (χ4n) is 1.82. The zero-order valence-corrected chi connectivity index (χ0v) is 8.21. The molecule has 1 aliphatic rings. The maximum Gasteiger partial charge on any atom is 0.220 e. The number of carbonyl (C=O) groups is 1. The lowest BCUT2D eigenvalue weighted by atomic mass is 10.1. The summed E-state index contributed by atoms with van der Waals surface area (Å²) in [4.78, 5) is 15.3. The number of nitrogens with zero attached hydrogens (tertiary/aromatic N) is 2. The van der Waals surface area contributed by atoms with E-state index >= 15 is 0 Å². The summed E-state index contributed by atoms with van der Waals surface area (Å²) in [6.45, 7) is 2.58. The van der Waals surface area contributed by atoms with Gasteiger partial charge in [-0.25, -0.2) is 0 Å². The van der Waals surface area contributed by atoms with Crippen molar-refractivity contribution in [2.45, 2.75) is 32.4 Å². The lowest BCUT2D eigenvalue weighted by Gasteiger charge is -2.38. The highest BCUT2D eigenvalue weighted by Crippen LogP contribution is 2.18. The van der Waals surface area contributed by atoms with Gasteiger partial charge in [0.05, 0.1) is 6.17 Å². The highest BCUT2D eigenvalue weighted by atomic mass is 16.2. The Bertz CT molecular complexity index is 168. The van der Waals surface area contributed by atoms with Crippen LogP contribution in [-0.2, 0) is 4.79 Å². The normalized spacial score (nSPS) is 24.7. The summed E-state index contributed by atoms with van der Waals surface area (Å²) in [5.41, 5.74) is 0. The van der Waals surface area contributed by atoms with Crippen molar-refractivity contribution in [3.63, 3.8) is 0 Å². The van der Waals surface area contributed by atoms with Crippen LogP contribution in [-0.4, -0.2) is 42.5 Å². The average molecular weight is 170 g/mol. The fraction of sp³-hybridized carbons (Fsp3) is 0.889. The Morgan fingerprint density at radius 2 is 2.08 bits per heavy atom. The van der Waals surface area contributed by atoms with E-state index in [1.165, 1.54) is 6.42 Å². The Labute approximate surface area is 74.3 Å². The van der Waals surface area contributed by atoms with Gasteiger partial charge in [-0.1, -0.05) is 0 Å². The molecule has 0 N–H and O–H groups in total. The summed E-state index contributed by atoms with van der Waals surface area (Å²) in [5, 5.41) is 0.